The fraction of sp³-hybridized carbons (Fsp3) is 0.286. The van der Waals surface area contributed by atoms with Crippen molar-refractivity contribution in [3.63, 3.8) is 0 Å². The summed E-state index contributed by atoms with van der Waals surface area (Å²) in [7, 11) is 0. The number of rotatable bonds is 5. The zero-order valence-corrected chi connectivity index (χ0v) is 11.4. The molecule has 0 fully saturated rings. The predicted octanol–water partition coefficient (Wildman–Crippen LogP) is 3.11. The molecule has 2 rings (SSSR count). The normalized spacial score (nSPS) is 10.4. The van der Waals surface area contributed by atoms with Crippen LogP contribution in [0.1, 0.15) is 18.2 Å². The molecule has 0 saturated carbocycles. The highest BCUT2D eigenvalue weighted by Crippen LogP contribution is 2.13. The van der Waals surface area contributed by atoms with Crippen molar-refractivity contribution in [2.24, 2.45) is 0 Å². The van der Waals surface area contributed by atoms with E-state index in [1.807, 2.05) is 13.8 Å². The number of anilines is 2. The number of aromatic nitrogens is 2. The zero-order chi connectivity index (χ0) is 14.5. The van der Waals surface area contributed by atoms with Gasteiger partial charge in [-0.15, -0.1) is 0 Å². The summed E-state index contributed by atoms with van der Waals surface area (Å²) >= 11 is 0. The van der Waals surface area contributed by atoms with Crippen molar-refractivity contribution in [1.29, 1.82) is 0 Å². The molecule has 106 valence electrons. The molecule has 1 aromatic carbocycles. The van der Waals surface area contributed by atoms with Crippen molar-refractivity contribution < 1.29 is 8.78 Å². The van der Waals surface area contributed by atoms with Crippen LogP contribution in [0.25, 0.3) is 0 Å². The highest BCUT2D eigenvalue weighted by molar-refractivity contribution is 5.42. The average molecular weight is 278 g/mol. The van der Waals surface area contributed by atoms with Gasteiger partial charge in [-0.2, -0.15) is 4.98 Å². The number of aryl methyl sites for hydroxylation is 1. The molecule has 0 aliphatic heterocycles. The van der Waals surface area contributed by atoms with Gasteiger partial charge < -0.3 is 10.6 Å². The van der Waals surface area contributed by atoms with Crippen LogP contribution in [0.5, 0.6) is 0 Å². The average Bonchev–Trinajstić information content (AvgIpc) is 2.40. The second kappa shape index (κ2) is 6.27. The molecule has 4 nitrogen and oxygen atoms in total. The summed E-state index contributed by atoms with van der Waals surface area (Å²) in [4.78, 5) is 8.51. The van der Waals surface area contributed by atoms with Crippen molar-refractivity contribution in [2.45, 2.75) is 20.4 Å². The van der Waals surface area contributed by atoms with E-state index < -0.39 is 11.6 Å². The maximum absolute atomic E-state index is 13.1. The third-order valence-electron chi connectivity index (χ3n) is 2.65. The Morgan fingerprint density at radius 1 is 1.05 bits per heavy atom. The van der Waals surface area contributed by atoms with Crippen molar-refractivity contribution in [3.8, 4) is 0 Å². The monoisotopic (exact) mass is 278 g/mol. The first kappa shape index (κ1) is 14.2. The van der Waals surface area contributed by atoms with Gasteiger partial charge in [0.15, 0.2) is 11.6 Å². The smallest absolute Gasteiger partial charge is 0.224 e. The maximum atomic E-state index is 13.1. The van der Waals surface area contributed by atoms with Gasteiger partial charge in [-0.3, -0.25) is 0 Å². The summed E-state index contributed by atoms with van der Waals surface area (Å²) in [6.45, 7) is 4.91. The second-order valence-electron chi connectivity index (χ2n) is 4.35. The summed E-state index contributed by atoms with van der Waals surface area (Å²) < 4.78 is 25.9. The Balaban J connectivity index is 2.08. The molecule has 0 aliphatic rings. The molecule has 1 heterocycles. The lowest BCUT2D eigenvalue weighted by Gasteiger charge is -2.09. The Morgan fingerprint density at radius 2 is 1.85 bits per heavy atom. The molecule has 0 spiro atoms. The van der Waals surface area contributed by atoms with Crippen LogP contribution in [0.4, 0.5) is 20.5 Å². The largest absolute Gasteiger partial charge is 0.366 e. The molecule has 2 aromatic rings. The lowest BCUT2D eigenvalue weighted by molar-refractivity contribution is 0.507. The van der Waals surface area contributed by atoms with Crippen LogP contribution in [0.15, 0.2) is 24.3 Å². The molecule has 2 N–H and O–H groups in total. The van der Waals surface area contributed by atoms with E-state index in [0.29, 0.717) is 23.9 Å². The Labute approximate surface area is 116 Å². The number of benzene rings is 1. The first-order valence-corrected chi connectivity index (χ1v) is 6.36. The molecular formula is C14H16F2N4. The van der Waals surface area contributed by atoms with Crippen LogP contribution in [0.2, 0.25) is 0 Å². The standard InChI is InChI=1S/C14H16F2N4/c1-3-17-14-19-9(2)6-13(20-14)18-8-10-4-5-11(15)12(16)7-10/h4-7H,3,8H2,1-2H3,(H2,17,18,19,20). The lowest BCUT2D eigenvalue weighted by Crippen LogP contribution is -2.07. The number of hydrogen-bond donors (Lipinski definition) is 2. The first-order valence-electron chi connectivity index (χ1n) is 6.36. The van der Waals surface area contributed by atoms with Gasteiger partial charge in [-0.25, -0.2) is 13.8 Å². The summed E-state index contributed by atoms with van der Waals surface area (Å²) in [5.41, 5.74) is 1.47. The van der Waals surface area contributed by atoms with Crippen LogP contribution in [0, 0.1) is 18.6 Å². The van der Waals surface area contributed by atoms with Crippen molar-refractivity contribution in [1.82, 2.24) is 9.97 Å². The van der Waals surface area contributed by atoms with Crippen molar-refractivity contribution in [3.05, 3.63) is 47.2 Å². The molecule has 0 atom stereocenters. The van der Waals surface area contributed by atoms with E-state index in [1.54, 1.807) is 6.07 Å². The molecule has 0 saturated heterocycles. The van der Waals surface area contributed by atoms with E-state index in [-0.39, 0.29) is 0 Å². The van der Waals surface area contributed by atoms with Gasteiger partial charge in [-0.05, 0) is 31.5 Å². The molecular weight excluding hydrogens is 262 g/mol. The Morgan fingerprint density at radius 3 is 2.55 bits per heavy atom. The first-order chi connectivity index (χ1) is 9.58. The molecule has 0 radical (unpaired) electrons. The van der Waals surface area contributed by atoms with Gasteiger partial charge in [-0.1, -0.05) is 6.07 Å². The molecule has 0 bridgehead atoms. The van der Waals surface area contributed by atoms with Gasteiger partial charge in [0.05, 0.1) is 0 Å². The summed E-state index contributed by atoms with van der Waals surface area (Å²) in [5, 5.41) is 6.10. The Hall–Kier alpha value is -2.24. The highest BCUT2D eigenvalue weighted by atomic mass is 19.2. The quantitative estimate of drug-likeness (QED) is 0.882. The molecule has 0 unspecified atom stereocenters. The molecule has 0 aliphatic carbocycles. The van der Waals surface area contributed by atoms with Gasteiger partial charge in [0.2, 0.25) is 5.95 Å². The van der Waals surface area contributed by atoms with Crippen LogP contribution in [0.3, 0.4) is 0 Å². The fourth-order valence-electron chi connectivity index (χ4n) is 1.74. The van der Waals surface area contributed by atoms with Crippen LogP contribution < -0.4 is 10.6 Å². The van der Waals surface area contributed by atoms with Crippen LogP contribution in [-0.4, -0.2) is 16.5 Å². The van der Waals surface area contributed by atoms with Gasteiger partial charge in [0.25, 0.3) is 0 Å². The molecule has 6 heteroatoms. The third-order valence-corrected chi connectivity index (χ3v) is 2.65. The Bertz CT molecular complexity index is 602. The number of hydrogen-bond acceptors (Lipinski definition) is 4. The van der Waals surface area contributed by atoms with Crippen LogP contribution in [-0.2, 0) is 6.54 Å². The summed E-state index contributed by atoms with van der Waals surface area (Å²) in [6.07, 6.45) is 0. The van der Waals surface area contributed by atoms with E-state index in [9.17, 15) is 8.78 Å². The fourth-order valence-corrected chi connectivity index (χ4v) is 1.74. The maximum Gasteiger partial charge on any atom is 0.224 e. The highest BCUT2D eigenvalue weighted by Gasteiger charge is 2.04. The van der Waals surface area contributed by atoms with Crippen molar-refractivity contribution in [2.75, 3.05) is 17.2 Å². The van der Waals surface area contributed by atoms with E-state index >= 15 is 0 Å². The number of nitrogens with zero attached hydrogens (tertiary/aromatic N) is 2. The molecule has 20 heavy (non-hydrogen) atoms. The van der Waals surface area contributed by atoms with E-state index in [4.69, 9.17) is 0 Å². The van der Waals surface area contributed by atoms with Gasteiger partial charge in [0, 0.05) is 24.8 Å². The van der Waals surface area contributed by atoms with Gasteiger partial charge >= 0.3 is 0 Å². The Kier molecular flexibility index (Phi) is 4.45. The third kappa shape index (κ3) is 3.63. The van der Waals surface area contributed by atoms with E-state index in [2.05, 4.69) is 20.6 Å². The summed E-state index contributed by atoms with van der Waals surface area (Å²) in [6, 6.07) is 5.61. The second-order valence-corrected chi connectivity index (χ2v) is 4.35. The SMILES string of the molecule is CCNc1nc(C)cc(NCc2ccc(F)c(F)c2)n1. The zero-order valence-electron chi connectivity index (χ0n) is 11.4. The van der Waals surface area contributed by atoms with E-state index in [1.165, 1.54) is 12.1 Å². The van der Waals surface area contributed by atoms with Crippen molar-refractivity contribution >= 4 is 11.8 Å². The van der Waals surface area contributed by atoms with Crippen LogP contribution >= 0.6 is 0 Å². The lowest BCUT2D eigenvalue weighted by atomic mass is 10.2. The number of nitrogens with one attached hydrogen (secondary N) is 2. The minimum Gasteiger partial charge on any atom is -0.366 e. The summed E-state index contributed by atoms with van der Waals surface area (Å²) in [5.74, 6) is -0.518. The molecule has 1 aromatic heterocycles. The topological polar surface area (TPSA) is 49.8 Å². The predicted molar refractivity (Wildman–Crippen MR) is 74.6 cm³/mol. The van der Waals surface area contributed by atoms with Gasteiger partial charge in [0.1, 0.15) is 5.82 Å². The molecule has 0 amide bonds. The minimum atomic E-state index is -0.850. The number of halogens is 2. The minimum absolute atomic E-state index is 0.360. The van der Waals surface area contributed by atoms with E-state index in [0.717, 1.165) is 18.3 Å².